The van der Waals surface area contributed by atoms with Crippen molar-refractivity contribution in [2.75, 3.05) is 0 Å². The van der Waals surface area contributed by atoms with Crippen LogP contribution in [0.1, 0.15) is 72.1 Å². The first kappa shape index (κ1) is 12.0. The van der Waals surface area contributed by atoms with Crippen LogP contribution in [0.5, 0.6) is 0 Å². The molecule has 0 saturated heterocycles. The van der Waals surface area contributed by atoms with Gasteiger partial charge in [0.2, 0.25) is 0 Å². The third-order valence-corrected chi connectivity index (χ3v) is 2.34. The van der Waals surface area contributed by atoms with Crippen molar-refractivity contribution >= 4 is 0 Å². The van der Waals surface area contributed by atoms with Gasteiger partial charge in [-0.15, -0.1) is 0 Å². The van der Waals surface area contributed by atoms with Crippen molar-refractivity contribution in [1.82, 2.24) is 0 Å². The molecule has 0 spiro atoms. The lowest BCUT2D eigenvalue weighted by Gasteiger charge is -2.13. The summed E-state index contributed by atoms with van der Waals surface area (Å²) in [5.41, 5.74) is 0. The minimum atomic E-state index is 1.33. The summed E-state index contributed by atoms with van der Waals surface area (Å²) in [6, 6.07) is 0. The molecule has 1 radical (unpaired) electrons. The zero-order valence-electron chi connectivity index (χ0n) is 9.16. The van der Waals surface area contributed by atoms with Crippen LogP contribution < -0.4 is 0 Å². The van der Waals surface area contributed by atoms with E-state index in [2.05, 4.69) is 20.8 Å². The Morgan fingerprint density at radius 2 is 1.25 bits per heavy atom. The summed E-state index contributed by atoms with van der Waals surface area (Å²) in [4.78, 5) is 0. The minimum absolute atomic E-state index is 1.33. The first-order valence-electron chi connectivity index (χ1n) is 5.68. The number of unbranched alkanes of at least 4 members (excludes halogenated alkanes) is 2. The molecule has 12 heavy (non-hydrogen) atoms. The van der Waals surface area contributed by atoms with E-state index in [-0.39, 0.29) is 0 Å². The molecule has 0 nitrogen and oxygen atoms in total. The molecule has 0 aromatic heterocycles. The summed E-state index contributed by atoms with van der Waals surface area (Å²) in [5, 5.41) is 0. The van der Waals surface area contributed by atoms with Gasteiger partial charge in [0, 0.05) is 0 Å². The molecule has 0 bridgehead atoms. The Morgan fingerprint density at radius 1 is 0.667 bits per heavy atom. The van der Waals surface area contributed by atoms with Crippen LogP contribution in [0.4, 0.5) is 0 Å². The van der Waals surface area contributed by atoms with Crippen molar-refractivity contribution in [1.29, 1.82) is 0 Å². The number of rotatable bonds is 8. The van der Waals surface area contributed by atoms with E-state index >= 15 is 0 Å². The maximum Gasteiger partial charge on any atom is -0.0241 e. The Kier molecular flexibility index (Phi) is 9.09. The van der Waals surface area contributed by atoms with Gasteiger partial charge in [0.1, 0.15) is 0 Å². The van der Waals surface area contributed by atoms with E-state index in [0.717, 1.165) is 0 Å². The van der Waals surface area contributed by atoms with Crippen LogP contribution in [0, 0.1) is 5.92 Å². The molecule has 0 N–H and O–H groups in total. The van der Waals surface area contributed by atoms with E-state index in [1.54, 1.807) is 0 Å². The van der Waals surface area contributed by atoms with Gasteiger partial charge in [-0.2, -0.15) is 0 Å². The van der Waals surface area contributed by atoms with Crippen LogP contribution in [0.3, 0.4) is 0 Å². The van der Waals surface area contributed by atoms with Crippen LogP contribution in [0.15, 0.2) is 0 Å². The lowest BCUT2D eigenvalue weighted by atomic mass is 9.92. The molecule has 0 atom stereocenters. The third-order valence-electron chi connectivity index (χ3n) is 2.34. The Morgan fingerprint density at radius 3 is 1.67 bits per heavy atom. The average molecular weight is 169 g/mol. The van der Waals surface area contributed by atoms with E-state index in [0.29, 0.717) is 0 Å². The summed E-state index contributed by atoms with van der Waals surface area (Å²) in [5.74, 6) is 1.81. The van der Waals surface area contributed by atoms with E-state index < -0.39 is 0 Å². The predicted molar refractivity (Wildman–Crippen MR) is 57.2 cm³/mol. The molecule has 0 rings (SSSR count). The fourth-order valence-corrected chi connectivity index (χ4v) is 1.71. The summed E-state index contributed by atoms with van der Waals surface area (Å²) >= 11 is 0. The van der Waals surface area contributed by atoms with Crippen LogP contribution in [0.2, 0.25) is 0 Å². The molecule has 0 aliphatic rings. The Labute approximate surface area is 78.8 Å². The average Bonchev–Trinajstić information content (AvgIpc) is 2.06. The van der Waals surface area contributed by atoms with E-state index in [1.807, 2.05) is 5.92 Å². The largest absolute Gasteiger partial charge is 0.0654 e. The van der Waals surface area contributed by atoms with Gasteiger partial charge in [-0.3, -0.25) is 0 Å². The van der Waals surface area contributed by atoms with Gasteiger partial charge in [0.25, 0.3) is 0 Å². The van der Waals surface area contributed by atoms with Crippen molar-refractivity contribution in [2.24, 2.45) is 0 Å². The lowest BCUT2D eigenvalue weighted by molar-refractivity contribution is 0.585. The van der Waals surface area contributed by atoms with Gasteiger partial charge >= 0.3 is 0 Å². The van der Waals surface area contributed by atoms with Crippen molar-refractivity contribution in [2.45, 2.75) is 72.1 Å². The van der Waals surface area contributed by atoms with Crippen LogP contribution in [-0.2, 0) is 0 Å². The van der Waals surface area contributed by atoms with E-state index in [9.17, 15) is 0 Å². The number of hydrogen-bond donors (Lipinski definition) is 0. The smallest absolute Gasteiger partial charge is 0.0241 e. The molecule has 0 saturated carbocycles. The van der Waals surface area contributed by atoms with Gasteiger partial charge in [-0.25, -0.2) is 0 Å². The van der Waals surface area contributed by atoms with Crippen LogP contribution in [0.25, 0.3) is 0 Å². The quantitative estimate of drug-likeness (QED) is 0.460. The molecule has 0 heteroatoms. The Hall–Kier alpha value is 0. The number of hydrogen-bond acceptors (Lipinski definition) is 0. The zero-order chi connectivity index (χ0) is 9.23. The first-order chi connectivity index (χ1) is 5.85. The maximum atomic E-state index is 2.29. The highest BCUT2D eigenvalue weighted by Crippen LogP contribution is 2.22. The topological polar surface area (TPSA) is 0 Å². The van der Waals surface area contributed by atoms with Crippen molar-refractivity contribution in [3.8, 4) is 0 Å². The second-order valence-corrected chi connectivity index (χ2v) is 3.71. The molecule has 0 aromatic rings. The summed E-state index contributed by atoms with van der Waals surface area (Å²) in [6.45, 7) is 6.85. The fourth-order valence-electron chi connectivity index (χ4n) is 1.71. The lowest BCUT2D eigenvalue weighted by Crippen LogP contribution is -1.96. The highest BCUT2D eigenvalue weighted by Gasteiger charge is 2.05. The van der Waals surface area contributed by atoms with Crippen molar-refractivity contribution in [3.05, 3.63) is 5.92 Å². The summed E-state index contributed by atoms with van der Waals surface area (Å²) in [6.07, 6.45) is 11.0. The van der Waals surface area contributed by atoms with Crippen LogP contribution >= 0.6 is 0 Å². The summed E-state index contributed by atoms with van der Waals surface area (Å²) in [7, 11) is 0. The predicted octanol–water partition coefficient (Wildman–Crippen LogP) is 4.74. The van der Waals surface area contributed by atoms with Gasteiger partial charge in [0.15, 0.2) is 0 Å². The maximum absolute atomic E-state index is 2.29. The minimum Gasteiger partial charge on any atom is -0.0654 e. The molecule has 0 amide bonds. The van der Waals surface area contributed by atoms with Crippen LogP contribution in [-0.4, -0.2) is 0 Å². The van der Waals surface area contributed by atoms with E-state index in [4.69, 9.17) is 0 Å². The molecule has 73 valence electrons. The molecule has 0 aliphatic heterocycles. The molecule has 0 aliphatic carbocycles. The highest BCUT2D eigenvalue weighted by molar-refractivity contribution is 4.88. The fraction of sp³-hybridized carbons (Fsp3) is 0.917. The normalized spacial score (nSPS) is 11.0. The van der Waals surface area contributed by atoms with E-state index in [1.165, 1.54) is 51.4 Å². The second kappa shape index (κ2) is 9.09. The molecule has 0 heterocycles. The van der Waals surface area contributed by atoms with Gasteiger partial charge in [-0.1, -0.05) is 52.9 Å². The zero-order valence-corrected chi connectivity index (χ0v) is 9.16. The van der Waals surface area contributed by atoms with Gasteiger partial charge < -0.3 is 0 Å². The molecule has 0 aromatic carbocycles. The molecular formula is C12H25. The second-order valence-electron chi connectivity index (χ2n) is 3.71. The molecule has 0 unspecified atom stereocenters. The Bertz CT molecular complexity index is 70.1. The van der Waals surface area contributed by atoms with Gasteiger partial charge in [-0.05, 0) is 25.2 Å². The molecule has 0 fully saturated rings. The SMILES string of the molecule is CCCCC[C](CCC)CCC. The molecular weight excluding hydrogens is 144 g/mol. The van der Waals surface area contributed by atoms with Gasteiger partial charge in [0.05, 0.1) is 0 Å². The standard InChI is InChI=1S/C12H25/c1-4-7-8-11-12(9-5-2)10-6-3/h4-11H2,1-3H3. The summed E-state index contributed by atoms with van der Waals surface area (Å²) < 4.78 is 0. The highest BCUT2D eigenvalue weighted by atomic mass is 14.1. The van der Waals surface area contributed by atoms with Crippen molar-refractivity contribution < 1.29 is 0 Å². The third kappa shape index (κ3) is 6.69. The Balaban J connectivity index is 3.34. The monoisotopic (exact) mass is 169 g/mol. The van der Waals surface area contributed by atoms with Crippen molar-refractivity contribution in [3.63, 3.8) is 0 Å². The first-order valence-corrected chi connectivity index (χ1v) is 5.68.